The molecule has 0 aromatic rings. The molecule has 0 heterocycles. The molecule has 0 fully saturated rings. The van der Waals surface area contributed by atoms with E-state index in [0.29, 0.717) is 0 Å². The van der Waals surface area contributed by atoms with Gasteiger partial charge >= 0.3 is 0 Å². The molecule has 12 heavy (non-hydrogen) atoms. The molecule has 0 aliphatic heterocycles. The lowest BCUT2D eigenvalue weighted by atomic mass is 10.4. The van der Waals surface area contributed by atoms with Crippen LogP contribution < -0.4 is 5.11 Å². The Labute approximate surface area is 74.0 Å². The molecule has 4 nitrogen and oxygen atoms in total. The predicted molar refractivity (Wildman–Crippen MR) is 45.8 cm³/mol. The minimum atomic E-state index is -2.08. The van der Waals surface area contributed by atoms with E-state index in [1.165, 1.54) is 19.5 Å². The lowest BCUT2D eigenvalue weighted by Gasteiger charge is -2.27. The average molecular weight is 177 g/mol. The van der Waals surface area contributed by atoms with E-state index in [4.69, 9.17) is 15.0 Å². The molecule has 0 unspecified atom stereocenters. The largest absolute Gasteiger partial charge is 0.565 e. The van der Waals surface area contributed by atoms with Crippen molar-refractivity contribution in [2.45, 2.75) is 20.3 Å². The van der Waals surface area contributed by atoms with Gasteiger partial charge in [0.2, 0.25) is 6.16 Å². The smallest absolute Gasteiger partial charge is 0.249 e. The fourth-order valence-electron chi connectivity index (χ4n) is 0.763. The molecule has 4 heteroatoms. The van der Waals surface area contributed by atoms with E-state index >= 15 is 0 Å². The fourth-order valence-corrected chi connectivity index (χ4v) is 0.763. The average Bonchev–Trinajstić information content (AvgIpc) is 1.86. The van der Waals surface area contributed by atoms with Gasteiger partial charge in [0.15, 0.2) is 0 Å². The third-order valence-corrected chi connectivity index (χ3v) is 1.68. The minimum Gasteiger partial charge on any atom is -0.565 e. The van der Waals surface area contributed by atoms with Crippen molar-refractivity contribution in [1.82, 2.24) is 0 Å². The second kappa shape index (κ2) is 6.91. The molecule has 74 valence electrons. The number of carboxylic acid groups (broad SMARTS) is 2. The van der Waals surface area contributed by atoms with Crippen LogP contribution in [0.25, 0.3) is 0 Å². The zero-order chi connectivity index (χ0) is 10.2. The first kappa shape index (κ1) is 13.8. The van der Waals surface area contributed by atoms with Gasteiger partial charge in [-0.2, -0.15) is 0 Å². The molecular weight excluding hydrogens is 158 g/mol. The summed E-state index contributed by atoms with van der Waals surface area (Å²) in [5.74, 6) is 0. The molecular formula is C8H19NO3. The molecule has 0 aromatic heterocycles. The molecule has 0 bridgehead atoms. The lowest BCUT2D eigenvalue weighted by Crippen LogP contribution is -2.39. The van der Waals surface area contributed by atoms with Crippen molar-refractivity contribution in [3.8, 4) is 0 Å². The van der Waals surface area contributed by atoms with Gasteiger partial charge in [-0.25, -0.2) is 0 Å². The summed E-state index contributed by atoms with van der Waals surface area (Å²) in [5.41, 5.74) is 0. The SMILES string of the molecule is CCC[N+](C)(C)CC.O=C([O-])O. The van der Waals surface area contributed by atoms with Crippen LogP contribution in [0.4, 0.5) is 4.79 Å². The van der Waals surface area contributed by atoms with Gasteiger partial charge < -0.3 is 19.5 Å². The zero-order valence-corrected chi connectivity index (χ0v) is 8.33. The normalized spacial score (nSPS) is 10.0. The van der Waals surface area contributed by atoms with Crippen molar-refractivity contribution in [2.24, 2.45) is 0 Å². The van der Waals surface area contributed by atoms with Crippen LogP contribution in [-0.2, 0) is 0 Å². The highest BCUT2D eigenvalue weighted by Crippen LogP contribution is 1.95. The van der Waals surface area contributed by atoms with Gasteiger partial charge in [0.25, 0.3) is 0 Å². The van der Waals surface area contributed by atoms with E-state index < -0.39 is 6.16 Å². The summed E-state index contributed by atoms with van der Waals surface area (Å²) in [7, 11) is 4.53. The molecule has 0 atom stereocenters. The zero-order valence-electron chi connectivity index (χ0n) is 8.33. The number of hydrogen-bond acceptors (Lipinski definition) is 2. The Morgan fingerprint density at radius 2 is 1.75 bits per heavy atom. The second-order valence-corrected chi connectivity index (χ2v) is 3.24. The van der Waals surface area contributed by atoms with Crippen molar-refractivity contribution >= 4 is 6.16 Å². The summed E-state index contributed by atoms with van der Waals surface area (Å²) < 4.78 is 1.16. The molecule has 0 aromatic carbocycles. The van der Waals surface area contributed by atoms with Gasteiger partial charge in [-0.15, -0.1) is 0 Å². The quantitative estimate of drug-likeness (QED) is 0.634. The Morgan fingerprint density at radius 3 is 1.83 bits per heavy atom. The monoisotopic (exact) mass is 177 g/mol. The van der Waals surface area contributed by atoms with Crippen LogP contribution in [0.5, 0.6) is 0 Å². The molecule has 1 N–H and O–H groups in total. The third-order valence-electron chi connectivity index (χ3n) is 1.68. The summed E-state index contributed by atoms with van der Waals surface area (Å²) in [6.45, 7) is 7.01. The summed E-state index contributed by atoms with van der Waals surface area (Å²) in [5, 5.41) is 15.3. The highest BCUT2D eigenvalue weighted by molar-refractivity contribution is 5.50. The van der Waals surface area contributed by atoms with Crippen molar-refractivity contribution < 1.29 is 19.5 Å². The molecule has 0 saturated carbocycles. The maximum Gasteiger partial charge on any atom is 0.249 e. The van der Waals surface area contributed by atoms with E-state index in [1.54, 1.807) is 0 Å². The van der Waals surface area contributed by atoms with Crippen LogP contribution in [0.3, 0.4) is 0 Å². The Morgan fingerprint density at radius 1 is 1.42 bits per heavy atom. The first-order chi connectivity index (χ1) is 5.35. The standard InChI is InChI=1S/C7H18N.CH2O3/c1-5-7-8(3,4)6-2;2-1(3)4/h5-7H2,1-4H3;(H2,2,3,4)/q+1;/p-1. The predicted octanol–water partition coefficient (Wildman–Crippen LogP) is 0.380. The van der Waals surface area contributed by atoms with Crippen LogP contribution in [0, 0.1) is 0 Å². The highest BCUT2D eigenvalue weighted by atomic mass is 16.6. The van der Waals surface area contributed by atoms with E-state index in [2.05, 4.69) is 27.9 Å². The van der Waals surface area contributed by atoms with Gasteiger partial charge in [0.1, 0.15) is 0 Å². The van der Waals surface area contributed by atoms with Crippen molar-refractivity contribution in [2.75, 3.05) is 27.2 Å². The van der Waals surface area contributed by atoms with E-state index in [-0.39, 0.29) is 0 Å². The van der Waals surface area contributed by atoms with Gasteiger partial charge in [-0.05, 0) is 13.3 Å². The van der Waals surface area contributed by atoms with E-state index in [1.807, 2.05) is 0 Å². The number of hydrogen-bond donors (Lipinski definition) is 1. The Hall–Kier alpha value is -0.770. The molecule has 0 rings (SSSR count). The van der Waals surface area contributed by atoms with Gasteiger partial charge in [-0.3, -0.25) is 0 Å². The van der Waals surface area contributed by atoms with Crippen molar-refractivity contribution in [3.63, 3.8) is 0 Å². The lowest BCUT2D eigenvalue weighted by molar-refractivity contribution is -0.888. The maximum atomic E-state index is 8.44. The van der Waals surface area contributed by atoms with Crippen LogP contribution >= 0.6 is 0 Å². The molecule has 0 aliphatic rings. The molecule has 0 aliphatic carbocycles. The second-order valence-electron chi connectivity index (χ2n) is 3.24. The molecule has 0 spiro atoms. The number of nitrogens with zero attached hydrogens (tertiary/aromatic N) is 1. The van der Waals surface area contributed by atoms with Crippen LogP contribution in [0.1, 0.15) is 20.3 Å². The van der Waals surface area contributed by atoms with E-state index in [9.17, 15) is 0 Å². The number of rotatable bonds is 3. The molecule has 0 amide bonds. The maximum absolute atomic E-state index is 8.44. The van der Waals surface area contributed by atoms with Crippen molar-refractivity contribution in [3.05, 3.63) is 0 Å². The summed E-state index contributed by atoms with van der Waals surface area (Å²) >= 11 is 0. The van der Waals surface area contributed by atoms with Gasteiger partial charge in [-0.1, -0.05) is 6.92 Å². The molecule has 0 saturated heterocycles. The van der Waals surface area contributed by atoms with Crippen LogP contribution in [-0.4, -0.2) is 42.9 Å². The third kappa shape index (κ3) is 16.1. The molecule has 0 radical (unpaired) electrons. The first-order valence-electron chi connectivity index (χ1n) is 4.07. The van der Waals surface area contributed by atoms with Gasteiger partial charge in [0, 0.05) is 0 Å². The minimum absolute atomic E-state index is 1.16. The first-order valence-corrected chi connectivity index (χ1v) is 4.07. The Bertz CT molecular complexity index is 119. The fraction of sp³-hybridized carbons (Fsp3) is 0.875. The van der Waals surface area contributed by atoms with Crippen LogP contribution in [0.2, 0.25) is 0 Å². The number of carbonyl (C=O) groups is 1. The Kier molecular flexibility index (Phi) is 7.94. The van der Waals surface area contributed by atoms with Crippen molar-refractivity contribution in [1.29, 1.82) is 0 Å². The highest BCUT2D eigenvalue weighted by Gasteiger charge is 2.07. The van der Waals surface area contributed by atoms with Crippen LogP contribution in [0.15, 0.2) is 0 Å². The summed E-state index contributed by atoms with van der Waals surface area (Å²) in [4.78, 5) is 8.44. The summed E-state index contributed by atoms with van der Waals surface area (Å²) in [6, 6.07) is 0. The topological polar surface area (TPSA) is 60.4 Å². The Balaban J connectivity index is 0. The van der Waals surface area contributed by atoms with E-state index in [0.717, 1.165) is 4.48 Å². The number of quaternary nitrogens is 1. The summed E-state index contributed by atoms with van der Waals surface area (Å²) in [6.07, 6.45) is -0.791. The van der Waals surface area contributed by atoms with Gasteiger partial charge in [0.05, 0.1) is 27.2 Å².